The third-order valence-corrected chi connectivity index (χ3v) is 5.66. The van der Waals surface area contributed by atoms with Gasteiger partial charge in [0, 0.05) is 5.56 Å². The second-order valence-electron chi connectivity index (χ2n) is 8.31. The van der Waals surface area contributed by atoms with Gasteiger partial charge in [-0.05, 0) is 36.1 Å². The first-order chi connectivity index (χ1) is 15.5. The van der Waals surface area contributed by atoms with Gasteiger partial charge in [0.15, 0.2) is 0 Å². The zero-order valence-electron chi connectivity index (χ0n) is 18.1. The molecule has 1 aliphatic rings. The Labute approximate surface area is 187 Å². The van der Waals surface area contributed by atoms with Crippen LogP contribution in [0.1, 0.15) is 49.3 Å². The summed E-state index contributed by atoms with van der Waals surface area (Å²) in [6.45, 7) is 5.48. The standard InChI is InChI=1S/C23H21F3N4O3/c1-13(2)14-4-8-16(9-5-14)22(3)20(31)30(21(32)28-22)12-18-27-19(29-33-18)15-6-10-17(11-7-15)23(24,25)26/h4-11,13H,12H2,1-3H3,(H,28,32). The average Bonchev–Trinajstić information content (AvgIpc) is 3.32. The van der Waals surface area contributed by atoms with Crippen LogP contribution in [0.15, 0.2) is 53.1 Å². The van der Waals surface area contributed by atoms with Crippen molar-refractivity contribution in [3.63, 3.8) is 0 Å². The highest BCUT2D eigenvalue weighted by Crippen LogP contribution is 2.32. The van der Waals surface area contributed by atoms with Crippen molar-refractivity contribution in [2.75, 3.05) is 0 Å². The van der Waals surface area contributed by atoms with Gasteiger partial charge >= 0.3 is 12.2 Å². The Morgan fingerprint density at radius 3 is 2.27 bits per heavy atom. The number of hydrogen-bond donors (Lipinski definition) is 1. The lowest BCUT2D eigenvalue weighted by Gasteiger charge is -2.22. The molecule has 2 heterocycles. The van der Waals surface area contributed by atoms with Gasteiger partial charge in [0.1, 0.15) is 12.1 Å². The lowest BCUT2D eigenvalue weighted by atomic mass is 9.90. The SMILES string of the molecule is CC(C)c1ccc(C2(C)NC(=O)N(Cc3nc(-c4ccc(C(F)(F)F)cc4)no3)C2=O)cc1. The average molecular weight is 458 g/mol. The summed E-state index contributed by atoms with van der Waals surface area (Å²) in [4.78, 5) is 30.8. The molecule has 0 saturated carbocycles. The molecule has 3 aromatic rings. The number of carbonyl (C=O) groups excluding carboxylic acids is 2. The number of benzene rings is 2. The van der Waals surface area contributed by atoms with E-state index in [0.29, 0.717) is 17.0 Å². The van der Waals surface area contributed by atoms with E-state index in [1.54, 1.807) is 6.92 Å². The van der Waals surface area contributed by atoms with Crippen molar-refractivity contribution in [1.29, 1.82) is 0 Å². The molecule has 0 radical (unpaired) electrons. The Hall–Kier alpha value is -3.69. The lowest BCUT2D eigenvalue weighted by molar-refractivity contribution is -0.137. The highest BCUT2D eigenvalue weighted by molar-refractivity contribution is 6.07. The Morgan fingerprint density at radius 1 is 1.06 bits per heavy atom. The minimum atomic E-state index is -4.45. The van der Waals surface area contributed by atoms with Crippen LogP contribution in [0.25, 0.3) is 11.4 Å². The summed E-state index contributed by atoms with van der Waals surface area (Å²) in [6.07, 6.45) is -4.45. The van der Waals surface area contributed by atoms with E-state index < -0.39 is 29.2 Å². The maximum Gasteiger partial charge on any atom is 0.416 e. The predicted octanol–water partition coefficient (Wildman–Crippen LogP) is 4.85. The van der Waals surface area contributed by atoms with Gasteiger partial charge in [0.25, 0.3) is 5.91 Å². The van der Waals surface area contributed by atoms with Crippen LogP contribution in [-0.4, -0.2) is 27.0 Å². The molecular weight excluding hydrogens is 437 g/mol. The fourth-order valence-corrected chi connectivity index (χ4v) is 3.62. The van der Waals surface area contributed by atoms with Crippen molar-refractivity contribution in [3.8, 4) is 11.4 Å². The van der Waals surface area contributed by atoms with Gasteiger partial charge in [-0.2, -0.15) is 18.2 Å². The quantitative estimate of drug-likeness (QED) is 0.553. The summed E-state index contributed by atoms with van der Waals surface area (Å²) >= 11 is 0. The molecule has 33 heavy (non-hydrogen) atoms. The summed E-state index contributed by atoms with van der Waals surface area (Å²) < 4.78 is 43.4. The molecule has 4 rings (SSSR count). The van der Waals surface area contributed by atoms with Gasteiger partial charge < -0.3 is 9.84 Å². The first-order valence-corrected chi connectivity index (χ1v) is 10.2. The van der Waals surface area contributed by atoms with Crippen molar-refractivity contribution in [3.05, 3.63) is 71.1 Å². The fraction of sp³-hybridized carbons (Fsp3) is 0.304. The molecule has 1 aromatic heterocycles. The van der Waals surface area contributed by atoms with E-state index in [2.05, 4.69) is 29.3 Å². The number of rotatable bonds is 5. The van der Waals surface area contributed by atoms with E-state index in [1.165, 1.54) is 12.1 Å². The van der Waals surface area contributed by atoms with Crippen molar-refractivity contribution in [2.24, 2.45) is 0 Å². The topological polar surface area (TPSA) is 88.3 Å². The maximum absolute atomic E-state index is 13.1. The van der Waals surface area contributed by atoms with Gasteiger partial charge in [0.2, 0.25) is 11.7 Å². The first kappa shape index (κ1) is 22.5. The Morgan fingerprint density at radius 2 is 1.70 bits per heavy atom. The number of nitrogens with zero attached hydrogens (tertiary/aromatic N) is 3. The van der Waals surface area contributed by atoms with Crippen LogP contribution in [0.3, 0.4) is 0 Å². The number of carbonyl (C=O) groups is 2. The van der Waals surface area contributed by atoms with E-state index in [0.717, 1.165) is 22.6 Å². The van der Waals surface area contributed by atoms with Gasteiger partial charge in [-0.15, -0.1) is 0 Å². The maximum atomic E-state index is 13.1. The molecule has 2 aromatic carbocycles. The molecule has 1 saturated heterocycles. The van der Waals surface area contributed by atoms with Crippen LogP contribution in [0.2, 0.25) is 0 Å². The third kappa shape index (κ3) is 4.20. The molecule has 0 spiro atoms. The molecule has 0 aliphatic carbocycles. The lowest BCUT2D eigenvalue weighted by Crippen LogP contribution is -2.40. The van der Waals surface area contributed by atoms with E-state index in [9.17, 15) is 22.8 Å². The van der Waals surface area contributed by atoms with Crippen LogP contribution in [0.4, 0.5) is 18.0 Å². The normalized spacial score (nSPS) is 18.8. The van der Waals surface area contributed by atoms with Crippen molar-refractivity contribution >= 4 is 11.9 Å². The van der Waals surface area contributed by atoms with Crippen molar-refractivity contribution in [1.82, 2.24) is 20.4 Å². The van der Waals surface area contributed by atoms with Gasteiger partial charge in [0.05, 0.1) is 5.56 Å². The van der Waals surface area contributed by atoms with Crippen molar-refractivity contribution in [2.45, 2.75) is 44.9 Å². The van der Waals surface area contributed by atoms with Crippen LogP contribution >= 0.6 is 0 Å². The van der Waals surface area contributed by atoms with Crippen LogP contribution in [-0.2, 0) is 23.1 Å². The van der Waals surface area contributed by atoms with E-state index in [4.69, 9.17) is 4.52 Å². The summed E-state index contributed by atoms with van der Waals surface area (Å²) in [5.74, 6) is -0.113. The monoisotopic (exact) mass is 458 g/mol. The number of alkyl halides is 3. The Kier molecular flexibility index (Phi) is 5.47. The number of imide groups is 1. The second kappa shape index (κ2) is 8.02. The summed E-state index contributed by atoms with van der Waals surface area (Å²) in [5, 5.41) is 6.47. The highest BCUT2D eigenvalue weighted by atomic mass is 19.4. The molecule has 1 aliphatic heterocycles. The zero-order valence-corrected chi connectivity index (χ0v) is 18.1. The number of urea groups is 1. The van der Waals surface area contributed by atoms with Gasteiger partial charge in [-0.1, -0.05) is 55.4 Å². The largest absolute Gasteiger partial charge is 0.416 e. The van der Waals surface area contributed by atoms with E-state index in [1.807, 2.05) is 24.3 Å². The number of halogens is 3. The van der Waals surface area contributed by atoms with Crippen LogP contribution < -0.4 is 5.32 Å². The molecule has 0 bridgehead atoms. The summed E-state index contributed by atoms with van der Waals surface area (Å²) in [6, 6.07) is 11.1. The van der Waals surface area contributed by atoms with Crippen molar-refractivity contribution < 1.29 is 27.3 Å². The molecule has 1 fully saturated rings. The molecule has 1 atom stereocenters. The fourth-order valence-electron chi connectivity index (χ4n) is 3.62. The summed E-state index contributed by atoms with van der Waals surface area (Å²) in [5.41, 5.74) is 0.0183. The molecule has 7 nitrogen and oxygen atoms in total. The predicted molar refractivity (Wildman–Crippen MR) is 112 cm³/mol. The number of hydrogen-bond acceptors (Lipinski definition) is 5. The Balaban J connectivity index is 1.51. The molecule has 172 valence electrons. The molecule has 3 amide bonds. The molecule has 10 heteroatoms. The highest BCUT2D eigenvalue weighted by Gasteiger charge is 2.49. The summed E-state index contributed by atoms with van der Waals surface area (Å²) in [7, 11) is 0. The van der Waals surface area contributed by atoms with E-state index >= 15 is 0 Å². The zero-order chi connectivity index (χ0) is 24.0. The minimum Gasteiger partial charge on any atom is -0.337 e. The molecule has 1 N–H and O–H groups in total. The molecular formula is C23H21F3N4O3. The molecule has 1 unspecified atom stereocenters. The first-order valence-electron chi connectivity index (χ1n) is 10.2. The Bertz CT molecular complexity index is 1190. The third-order valence-electron chi connectivity index (χ3n) is 5.66. The minimum absolute atomic E-state index is 0.0206. The number of aromatic nitrogens is 2. The number of amides is 3. The van der Waals surface area contributed by atoms with E-state index in [-0.39, 0.29) is 18.3 Å². The van der Waals surface area contributed by atoms with Crippen LogP contribution in [0.5, 0.6) is 0 Å². The van der Waals surface area contributed by atoms with Gasteiger partial charge in [-0.25, -0.2) is 4.79 Å². The second-order valence-corrected chi connectivity index (χ2v) is 8.31. The van der Waals surface area contributed by atoms with Crippen LogP contribution in [0, 0.1) is 0 Å². The van der Waals surface area contributed by atoms with Gasteiger partial charge in [-0.3, -0.25) is 9.69 Å². The smallest absolute Gasteiger partial charge is 0.337 e. The number of nitrogens with one attached hydrogen (secondary N) is 1.